The summed E-state index contributed by atoms with van der Waals surface area (Å²) < 4.78 is 10.9. The number of benzene rings is 1. The fourth-order valence-electron chi connectivity index (χ4n) is 2.00. The van der Waals surface area contributed by atoms with Crippen LogP contribution in [0.2, 0.25) is 10.0 Å². The van der Waals surface area contributed by atoms with Crippen molar-refractivity contribution in [3.8, 4) is 11.6 Å². The molecule has 2 heterocycles. The molecule has 3 aromatic rings. The van der Waals surface area contributed by atoms with Crippen LogP contribution in [0.5, 0.6) is 11.6 Å². The summed E-state index contributed by atoms with van der Waals surface area (Å²) >= 11 is 13.3. The van der Waals surface area contributed by atoms with E-state index in [1.165, 1.54) is 11.3 Å². The van der Waals surface area contributed by atoms with Crippen LogP contribution in [0.3, 0.4) is 0 Å². The zero-order valence-corrected chi connectivity index (χ0v) is 14.5. The van der Waals surface area contributed by atoms with Gasteiger partial charge in [0, 0.05) is 27.1 Å². The third-order valence-corrected chi connectivity index (χ3v) is 4.57. The molecule has 0 saturated carbocycles. The van der Waals surface area contributed by atoms with Crippen LogP contribution < -0.4 is 9.47 Å². The summed E-state index contributed by atoms with van der Waals surface area (Å²) in [7, 11) is 0. The number of aliphatic carboxylic acids is 1. The molecule has 3 rings (SSSR count). The van der Waals surface area contributed by atoms with Gasteiger partial charge in [0.25, 0.3) is 0 Å². The summed E-state index contributed by atoms with van der Waals surface area (Å²) in [6.45, 7) is -0.124. The molecule has 1 N–H and O–H groups in total. The van der Waals surface area contributed by atoms with Crippen LogP contribution in [-0.4, -0.2) is 22.7 Å². The minimum Gasteiger partial charge on any atom is -0.480 e. The molecule has 0 saturated heterocycles. The molecular weight excluding hydrogens is 373 g/mol. The highest BCUT2D eigenvalue weighted by Crippen LogP contribution is 2.32. The van der Waals surface area contributed by atoms with Crippen molar-refractivity contribution in [3.05, 3.63) is 51.3 Å². The van der Waals surface area contributed by atoms with Crippen molar-refractivity contribution < 1.29 is 19.4 Å². The molecule has 0 unspecified atom stereocenters. The van der Waals surface area contributed by atoms with Crippen LogP contribution >= 0.6 is 34.5 Å². The van der Waals surface area contributed by atoms with E-state index in [4.69, 9.17) is 37.8 Å². The van der Waals surface area contributed by atoms with Gasteiger partial charge in [-0.1, -0.05) is 29.3 Å². The van der Waals surface area contributed by atoms with Gasteiger partial charge in [0.15, 0.2) is 6.61 Å². The van der Waals surface area contributed by atoms with Gasteiger partial charge in [-0.3, -0.25) is 0 Å². The molecule has 0 bridgehead atoms. The van der Waals surface area contributed by atoms with Gasteiger partial charge in [0.2, 0.25) is 5.88 Å². The molecule has 0 spiro atoms. The minimum atomic E-state index is -1.03. The van der Waals surface area contributed by atoms with E-state index in [9.17, 15) is 4.79 Å². The van der Waals surface area contributed by atoms with E-state index in [1.54, 1.807) is 35.7 Å². The second kappa shape index (κ2) is 7.25. The summed E-state index contributed by atoms with van der Waals surface area (Å²) in [5, 5.41) is 12.2. The van der Waals surface area contributed by atoms with Crippen LogP contribution in [0, 0.1) is 0 Å². The van der Waals surface area contributed by atoms with E-state index >= 15 is 0 Å². The fraction of sp³-hybridized carbons (Fsp3) is 0.125. The summed E-state index contributed by atoms with van der Waals surface area (Å²) in [5.41, 5.74) is 0.805. The van der Waals surface area contributed by atoms with Gasteiger partial charge < -0.3 is 14.6 Å². The molecule has 2 aromatic heterocycles. The van der Waals surface area contributed by atoms with Gasteiger partial charge in [-0.15, -0.1) is 11.3 Å². The van der Waals surface area contributed by atoms with Crippen molar-refractivity contribution in [2.45, 2.75) is 6.61 Å². The van der Waals surface area contributed by atoms with Gasteiger partial charge in [-0.2, -0.15) is 0 Å². The number of aromatic nitrogens is 1. The normalized spacial score (nSPS) is 10.8. The molecule has 0 aliphatic heterocycles. The maximum atomic E-state index is 10.6. The Hall–Kier alpha value is -2.02. The number of halogens is 2. The number of fused-ring (bicyclic) bond motifs is 1. The Labute approximate surface area is 151 Å². The van der Waals surface area contributed by atoms with Gasteiger partial charge >= 0.3 is 5.97 Å². The van der Waals surface area contributed by atoms with Crippen molar-refractivity contribution in [2.24, 2.45) is 0 Å². The third-order valence-electron chi connectivity index (χ3n) is 3.12. The van der Waals surface area contributed by atoms with Crippen LogP contribution in [-0.2, 0) is 11.4 Å². The lowest BCUT2D eigenvalue weighted by Gasteiger charge is -2.07. The van der Waals surface area contributed by atoms with Crippen molar-refractivity contribution in [1.29, 1.82) is 0 Å². The highest BCUT2D eigenvalue weighted by molar-refractivity contribution is 7.17. The Bertz CT molecular complexity index is 897. The number of carboxylic acids is 1. The van der Waals surface area contributed by atoms with Gasteiger partial charge in [-0.25, -0.2) is 9.78 Å². The SMILES string of the molecule is O=C(O)COc1csc2nc(OCc3ccc(Cl)cc3Cl)ccc12. The molecule has 0 fully saturated rings. The first kappa shape index (κ1) is 16.8. The Morgan fingerprint density at radius 1 is 1.21 bits per heavy atom. The number of ether oxygens (including phenoxy) is 2. The van der Waals surface area contributed by atoms with Crippen LogP contribution in [0.15, 0.2) is 35.7 Å². The van der Waals surface area contributed by atoms with Crippen molar-refractivity contribution in [1.82, 2.24) is 4.98 Å². The van der Waals surface area contributed by atoms with Gasteiger partial charge in [0.1, 0.15) is 17.2 Å². The topological polar surface area (TPSA) is 68.7 Å². The van der Waals surface area contributed by atoms with E-state index in [2.05, 4.69) is 4.98 Å². The van der Waals surface area contributed by atoms with Crippen LogP contribution in [0.1, 0.15) is 5.56 Å². The van der Waals surface area contributed by atoms with Crippen molar-refractivity contribution >= 4 is 50.7 Å². The van der Waals surface area contributed by atoms with Gasteiger partial charge in [-0.05, 0) is 18.2 Å². The quantitative estimate of drug-likeness (QED) is 0.670. The van der Waals surface area contributed by atoms with Crippen LogP contribution in [0.4, 0.5) is 0 Å². The largest absolute Gasteiger partial charge is 0.480 e. The number of nitrogens with zero attached hydrogens (tertiary/aromatic N) is 1. The highest BCUT2D eigenvalue weighted by Gasteiger charge is 2.10. The lowest BCUT2D eigenvalue weighted by Crippen LogP contribution is -2.08. The molecule has 0 radical (unpaired) electrons. The monoisotopic (exact) mass is 383 g/mol. The second-order valence-corrected chi connectivity index (χ2v) is 6.51. The number of hydrogen-bond acceptors (Lipinski definition) is 5. The summed E-state index contributed by atoms with van der Waals surface area (Å²) in [6.07, 6.45) is 0. The standard InChI is InChI=1S/C16H11Cl2NO4S/c17-10-2-1-9(12(18)5-10)6-23-14-4-3-11-13(22-7-15(20)21)8-24-16(11)19-14/h1-5,8H,6-7H2,(H,20,21). The maximum absolute atomic E-state index is 10.6. The molecule has 0 aliphatic rings. The molecule has 5 nitrogen and oxygen atoms in total. The second-order valence-electron chi connectivity index (χ2n) is 4.81. The van der Waals surface area contributed by atoms with Gasteiger partial charge in [0.05, 0.1) is 5.39 Å². The Balaban J connectivity index is 1.73. The molecular formula is C16H11Cl2NO4S. The zero-order valence-electron chi connectivity index (χ0n) is 12.2. The predicted molar refractivity (Wildman–Crippen MR) is 93.5 cm³/mol. The number of carboxylic acid groups (broad SMARTS) is 1. The highest BCUT2D eigenvalue weighted by atomic mass is 35.5. The maximum Gasteiger partial charge on any atom is 0.341 e. The first-order valence-corrected chi connectivity index (χ1v) is 8.46. The number of rotatable bonds is 6. The lowest BCUT2D eigenvalue weighted by molar-refractivity contribution is -0.139. The average Bonchev–Trinajstić information content (AvgIpc) is 2.94. The zero-order chi connectivity index (χ0) is 17.1. The average molecular weight is 384 g/mol. The Morgan fingerprint density at radius 3 is 2.79 bits per heavy atom. The number of pyridine rings is 1. The third kappa shape index (κ3) is 3.90. The van der Waals surface area contributed by atoms with Crippen molar-refractivity contribution in [3.63, 3.8) is 0 Å². The molecule has 8 heteroatoms. The summed E-state index contributed by atoms with van der Waals surface area (Å²) in [4.78, 5) is 15.7. The molecule has 124 valence electrons. The molecule has 0 atom stereocenters. The molecule has 0 amide bonds. The Morgan fingerprint density at radius 2 is 2.04 bits per heavy atom. The number of carbonyl (C=O) groups is 1. The fourth-order valence-corrected chi connectivity index (χ4v) is 3.31. The first-order chi connectivity index (χ1) is 11.5. The first-order valence-electron chi connectivity index (χ1n) is 6.82. The van der Waals surface area contributed by atoms with E-state index in [1.807, 2.05) is 0 Å². The van der Waals surface area contributed by atoms with Crippen molar-refractivity contribution in [2.75, 3.05) is 6.61 Å². The lowest BCUT2D eigenvalue weighted by atomic mass is 10.2. The Kier molecular flexibility index (Phi) is 5.08. The minimum absolute atomic E-state index is 0.266. The smallest absolute Gasteiger partial charge is 0.341 e. The van der Waals surface area contributed by atoms with E-state index in [-0.39, 0.29) is 13.2 Å². The number of hydrogen-bond donors (Lipinski definition) is 1. The summed E-state index contributed by atoms with van der Waals surface area (Å²) in [6, 6.07) is 8.69. The van der Waals surface area contributed by atoms with Crippen LogP contribution in [0.25, 0.3) is 10.2 Å². The summed E-state index contributed by atoms with van der Waals surface area (Å²) in [5.74, 6) is -0.0838. The van der Waals surface area contributed by atoms with E-state index < -0.39 is 5.97 Å². The molecule has 24 heavy (non-hydrogen) atoms. The number of thiophene rings is 1. The van der Waals surface area contributed by atoms with E-state index in [0.717, 1.165) is 10.9 Å². The predicted octanol–water partition coefficient (Wildman–Crippen LogP) is 4.65. The van der Waals surface area contributed by atoms with E-state index in [0.29, 0.717) is 26.5 Å². The molecule has 0 aliphatic carbocycles. The molecule has 1 aromatic carbocycles.